The minimum absolute atomic E-state index is 0.913. The van der Waals surface area contributed by atoms with Gasteiger partial charge in [-0.05, 0) is 89.8 Å². The van der Waals surface area contributed by atoms with Gasteiger partial charge in [0.15, 0.2) is 0 Å². The SMILES string of the molecule is c1ccc2c(c1)Oc1ccc(-c3c4ccccc4c(-c4ccc5ccccc5c4)c4ccccc34)c3cccc-2c13. The number of para-hydroxylation sites is 1. The normalized spacial score (nSPS) is 12.1. The average molecular weight is 521 g/mol. The molecule has 8 aromatic rings. The van der Waals surface area contributed by atoms with Crippen LogP contribution in [0.2, 0.25) is 0 Å². The standard InChI is InChI=1S/C40H24O/c1-2-11-26-24-27(21-20-25(26)10-1)38-30-13-3-5-15-32(30)39(33-16-6-4-14-31(33)38)35-22-23-37-40-29(17-9-18-34(35)40)28-12-7-8-19-36(28)41-37/h1-24H. The van der Waals surface area contributed by atoms with Crippen molar-refractivity contribution in [3.63, 3.8) is 0 Å². The Morgan fingerprint density at radius 1 is 0.341 bits per heavy atom. The van der Waals surface area contributed by atoms with E-state index in [1.165, 1.54) is 70.9 Å². The molecule has 190 valence electrons. The van der Waals surface area contributed by atoms with Crippen LogP contribution >= 0.6 is 0 Å². The molecule has 0 bridgehead atoms. The van der Waals surface area contributed by atoms with Crippen molar-refractivity contribution in [3.05, 3.63) is 146 Å². The Hall–Kier alpha value is -5.40. The summed E-state index contributed by atoms with van der Waals surface area (Å²) in [6, 6.07) is 52.6. The van der Waals surface area contributed by atoms with Gasteiger partial charge in [0.25, 0.3) is 0 Å². The first kappa shape index (κ1) is 22.4. The minimum atomic E-state index is 0.913. The lowest BCUT2D eigenvalue weighted by molar-refractivity contribution is 0.487. The Morgan fingerprint density at radius 3 is 1.73 bits per heavy atom. The van der Waals surface area contributed by atoms with Crippen molar-refractivity contribution in [2.24, 2.45) is 0 Å². The lowest BCUT2D eigenvalue weighted by Crippen LogP contribution is -1.98. The van der Waals surface area contributed by atoms with E-state index in [0.717, 1.165) is 17.1 Å². The average Bonchev–Trinajstić information content (AvgIpc) is 3.04. The summed E-state index contributed by atoms with van der Waals surface area (Å²) in [7, 11) is 0. The quantitative estimate of drug-likeness (QED) is 0.206. The molecular weight excluding hydrogens is 496 g/mol. The Bertz CT molecular complexity index is 2290. The summed E-state index contributed by atoms with van der Waals surface area (Å²) in [4.78, 5) is 0. The zero-order valence-corrected chi connectivity index (χ0v) is 22.3. The Kier molecular flexibility index (Phi) is 4.67. The molecule has 0 amide bonds. The second-order valence-electron chi connectivity index (χ2n) is 10.8. The van der Waals surface area contributed by atoms with Gasteiger partial charge < -0.3 is 4.74 Å². The summed E-state index contributed by atoms with van der Waals surface area (Å²) in [6.45, 7) is 0. The lowest BCUT2D eigenvalue weighted by Gasteiger charge is -2.24. The molecule has 0 radical (unpaired) electrons. The third-order valence-electron chi connectivity index (χ3n) is 8.64. The van der Waals surface area contributed by atoms with Gasteiger partial charge in [0, 0.05) is 10.9 Å². The molecule has 41 heavy (non-hydrogen) atoms. The van der Waals surface area contributed by atoms with Crippen molar-refractivity contribution in [3.8, 4) is 44.9 Å². The van der Waals surface area contributed by atoms with Gasteiger partial charge in [-0.3, -0.25) is 0 Å². The number of rotatable bonds is 2. The Labute approximate surface area is 237 Å². The smallest absolute Gasteiger partial charge is 0.135 e. The second kappa shape index (κ2) is 8.55. The first-order chi connectivity index (χ1) is 20.3. The van der Waals surface area contributed by atoms with Crippen LogP contribution < -0.4 is 4.74 Å². The Balaban J connectivity index is 1.40. The maximum atomic E-state index is 6.43. The van der Waals surface area contributed by atoms with Crippen molar-refractivity contribution in [1.82, 2.24) is 0 Å². The van der Waals surface area contributed by atoms with Crippen molar-refractivity contribution in [2.45, 2.75) is 0 Å². The highest BCUT2D eigenvalue weighted by Gasteiger charge is 2.23. The van der Waals surface area contributed by atoms with E-state index in [-0.39, 0.29) is 0 Å². The molecule has 0 N–H and O–H groups in total. The van der Waals surface area contributed by atoms with Crippen LogP contribution in [0, 0.1) is 0 Å². The van der Waals surface area contributed by atoms with Crippen LogP contribution in [0.15, 0.2) is 146 Å². The van der Waals surface area contributed by atoms with Crippen molar-refractivity contribution in [1.29, 1.82) is 0 Å². The Morgan fingerprint density at radius 2 is 0.951 bits per heavy atom. The summed E-state index contributed by atoms with van der Waals surface area (Å²) in [5.41, 5.74) is 7.39. The van der Waals surface area contributed by atoms with E-state index in [1.54, 1.807) is 0 Å². The number of ether oxygens (including phenoxy) is 1. The molecule has 1 aliphatic heterocycles. The lowest BCUT2D eigenvalue weighted by atomic mass is 9.83. The van der Waals surface area contributed by atoms with E-state index in [1.807, 2.05) is 6.07 Å². The molecule has 0 spiro atoms. The van der Waals surface area contributed by atoms with Crippen LogP contribution in [-0.2, 0) is 0 Å². The highest BCUT2D eigenvalue weighted by molar-refractivity contribution is 6.24. The minimum Gasteiger partial charge on any atom is -0.456 e. The van der Waals surface area contributed by atoms with E-state index in [4.69, 9.17) is 4.74 Å². The zero-order chi connectivity index (χ0) is 26.9. The molecule has 0 fully saturated rings. The van der Waals surface area contributed by atoms with Gasteiger partial charge in [0.2, 0.25) is 0 Å². The van der Waals surface area contributed by atoms with Crippen molar-refractivity contribution >= 4 is 43.1 Å². The monoisotopic (exact) mass is 520 g/mol. The van der Waals surface area contributed by atoms with Crippen LogP contribution in [0.3, 0.4) is 0 Å². The molecule has 0 saturated heterocycles. The molecule has 0 saturated carbocycles. The van der Waals surface area contributed by atoms with Crippen LogP contribution in [0.5, 0.6) is 11.5 Å². The predicted octanol–water partition coefficient (Wildman–Crippen LogP) is 11.4. The van der Waals surface area contributed by atoms with Gasteiger partial charge in [0.1, 0.15) is 11.5 Å². The molecule has 1 heteroatoms. The van der Waals surface area contributed by atoms with E-state index in [2.05, 4.69) is 140 Å². The third-order valence-corrected chi connectivity index (χ3v) is 8.64. The molecule has 0 aliphatic carbocycles. The van der Waals surface area contributed by atoms with Crippen molar-refractivity contribution in [2.75, 3.05) is 0 Å². The summed E-state index contributed by atoms with van der Waals surface area (Å²) >= 11 is 0. The van der Waals surface area contributed by atoms with Gasteiger partial charge in [-0.15, -0.1) is 0 Å². The van der Waals surface area contributed by atoms with Crippen LogP contribution in [0.1, 0.15) is 0 Å². The highest BCUT2D eigenvalue weighted by atomic mass is 16.5. The first-order valence-electron chi connectivity index (χ1n) is 14.1. The topological polar surface area (TPSA) is 9.23 Å². The molecule has 9 rings (SSSR count). The van der Waals surface area contributed by atoms with Crippen molar-refractivity contribution < 1.29 is 4.74 Å². The molecule has 0 unspecified atom stereocenters. The molecule has 1 heterocycles. The molecular formula is C40H24O. The maximum Gasteiger partial charge on any atom is 0.135 e. The fourth-order valence-corrected chi connectivity index (χ4v) is 6.87. The van der Waals surface area contributed by atoms with E-state index in [9.17, 15) is 0 Å². The first-order valence-corrected chi connectivity index (χ1v) is 14.1. The van der Waals surface area contributed by atoms with Gasteiger partial charge in [-0.2, -0.15) is 0 Å². The summed E-state index contributed by atoms with van der Waals surface area (Å²) in [6.07, 6.45) is 0. The van der Waals surface area contributed by atoms with E-state index in [0.29, 0.717) is 0 Å². The number of hydrogen-bond acceptors (Lipinski definition) is 1. The van der Waals surface area contributed by atoms with E-state index >= 15 is 0 Å². The largest absolute Gasteiger partial charge is 0.456 e. The molecule has 1 aliphatic rings. The number of benzene rings is 8. The van der Waals surface area contributed by atoms with E-state index < -0.39 is 0 Å². The summed E-state index contributed by atoms with van der Waals surface area (Å²) < 4.78 is 6.43. The highest BCUT2D eigenvalue weighted by Crippen LogP contribution is 2.51. The maximum absolute atomic E-state index is 6.43. The number of hydrogen-bond donors (Lipinski definition) is 0. The summed E-state index contributed by atoms with van der Waals surface area (Å²) in [5, 5.41) is 9.94. The summed E-state index contributed by atoms with van der Waals surface area (Å²) in [5.74, 6) is 1.83. The zero-order valence-electron chi connectivity index (χ0n) is 22.3. The third kappa shape index (κ3) is 3.24. The number of fused-ring (bicyclic) bond motifs is 5. The van der Waals surface area contributed by atoms with Gasteiger partial charge >= 0.3 is 0 Å². The van der Waals surface area contributed by atoms with Crippen LogP contribution in [0.25, 0.3) is 76.5 Å². The molecule has 0 aromatic heterocycles. The van der Waals surface area contributed by atoms with Crippen LogP contribution in [0.4, 0.5) is 0 Å². The molecule has 8 aromatic carbocycles. The van der Waals surface area contributed by atoms with Crippen LogP contribution in [-0.4, -0.2) is 0 Å². The molecule has 0 atom stereocenters. The van der Waals surface area contributed by atoms with Gasteiger partial charge in [-0.1, -0.05) is 121 Å². The fraction of sp³-hybridized carbons (Fsp3) is 0. The van der Waals surface area contributed by atoms with Gasteiger partial charge in [0.05, 0.1) is 0 Å². The van der Waals surface area contributed by atoms with Gasteiger partial charge in [-0.25, -0.2) is 0 Å². The second-order valence-corrected chi connectivity index (χ2v) is 10.8. The molecule has 1 nitrogen and oxygen atoms in total. The fourth-order valence-electron chi connectivity index (χ4n) is 6.87. The predicted molar refractivity (Wildman–Crippen MR) is 173 cm³/mol.